The van der Waals surface area contributed by atoms with Crippen molar-refractivity contribution >= 4 is 33.1 Å². The van der Waals surface area contributed by atoms with E-state index < -0.39 is 0 Å². The standard InChI is InChI=1S/C14H18BrN3S/c1-4-6-10-11(15)13(16-5-2)18-14(17-10)12-9(3)7-8-19-12/h7-8H,4-6H2,1-3H3,(H,16,17,18). The Balaban J connectivity index is 2.52. The monoisotopic (exact) mass is 339 g/mol. The summed E-state index contributed by atoms with van der Waals surface area (Å²) >= 11 is 5.31. The summed E-state index contributed by atoms with van der Waals surface area (Å²) in [5, 5.41) is 5.39. The van der Waals surface area contributed by atoms with E-state index in [0.29, 0.717) is 0 Å². The van der Waals surface area contributed by atoms with Gasteiger partial charge in [0.05, 0.1) is 15.0 Å². The smallest absolute Gasteiger partial charge is 0.172 e. The van der Waals surface area contributed by atoms with Crippen molar-refractivity contribution in [3.63, 3.8) is 0 Å². The summed E-state index contributed by atoms with van der Waals surface area (Å²) in [6, 6.07) is 2.11. The Morgan fingerprint density at radius 3 is 2.68 bits per heavy atom. The number of hydrogen-bond acceptors (Lipinski definition) is 4. The molecule has 0 unspecified atom stereocenters. The fourth-order valence-electron chi connectivity index (χ4n) is 1.88. The Bertz CT molecular complexity index is 539. The average molecular weight is 340 g/mol. The predicted molar refractivity (Wildman–Crippen MR) is 85.9 cm³/mol. The lowest BCUT2D eigenvalue weighted by Gasteiger charge is -2.11. The van der Waals surface area contributed by atoms with Gasteiger partial charge in [0.2, 0.25) is 0 Å². The molecule has 0 saturated heterocycles. The molecule has 0 radical (unpaired) electrons. The van der Waals surface area contributed by atoms with E-state index in [4.69, 9.17) is 4.98 Å². The third kappa shape index (κ3) is 3.15. The number of thiophene rings is 1. The first-order valence-electron chi connectivity index (χ1n) is 6.52. The van der Waals surface area contributed by atoms with E-state index in [1.165, 1.54) is 5.56 Å². The summed E-state index contributed by atoms with van der Waals surface area (Å²) in [5.41, 5.74) is 2.31. The van der Waals surface area contributed by atoms with Crippen molar-refractivity contribution in [2.45, 2.75) is 33.6 Å². The number of aromatic nitrogens is 2. The first kappa shape index (κ1) is 14.5. The van der Waals surface area contributed by atoms with E-state index in [0.717, 1.165) is 46.1 Å². The van der Waals surface area contributed by atoms with E-state index in [-0.39, 0.29) is 0 Å². The molecule has 0 aromatic carbocycles. The van der Waals surface area contributed by atoms with E-state index >= 15 is 0 Å². The van der Waals surface area contributed by atoms with Crippen molar-refractivity contribution in [1.82, 2.24) is 9.97 Å². The van der Waals surface area contributed by atoms with Gasteiger partial charge in [-0.1, -0.05) is 13.3 Å². The fourth-order valence-corrected chi connectivity index (χ4v) is 3.26. The largest absolute Gasteiger partial charge is 0.369 e. The second kappa shape index (κ2) is 6.48. The molecule has 0 atom stereocenters. The highest BCUT2D eigenvalue weighted by atomic mass is 79.9. The van der Waals surface area contributed by atoms with Crippen molar-refractivity contribution < 1.29 is 0 Å². The van der Waals surface area contributed by atoms with Crippen LogP contribution in [-0.4, -0.2) is 16.5 Å². The molecule has 2 aromatic rings. The molecule has 5 heteroatoms. The van der Waals surface area contributed by atoms with E-state index in [9.17, 15) is 0 Å². The zero-order valence-electron chi connectivity index (χ0n) is 11.5. The van der Waals surface area contributed by atoms with Crippen LogP contribution in [0.3, 0.4) is 0 Å². The Hall–Kier alpha value is -0.940. The number of nitrogens with one attached hydrogen (secondary N) is 1. The zero-order chi connectivity index (χ0) is 13.8. The molecule has 3 nitrogen and oxygen atoms in total. The summed E-state index contributed by atoms with van der Waals surface area (Å²) < 4.78 is 0.995. The molecule has 0 spiro atoms. The SMILES string of the molecule is CCCc1nc(-c2sccc2C)nc(NCC)c1Br. The Morgan fingerprint density at radius 1 is 1.32 bits per heavy atom. The second-order valence-corrected chi connectivity index (χ2v) is 6.08. The molecule has 2 aromatic heterocycles. The number of halogens is 1. The Labute approximate surface area is 126 Å². The molecule has 0 saturated carbocycles. The molecular formula is C14H18BrN3S. The van der Waals surface area contributed by atoms with Crippen LogP contribution in [0.2, 0.25) is 0 Å². The number of hydrogen-bond donors (Lipinski definition) is 1. The lowest BCUT2D eigenvalue weighted by Crippen LogP contribution is -2.06. The summed E-state index contributed by atoms with van der Waals surface area (Å²) in [5.74, 6) is 1.72. The predicted octanol–water partition coefficient (Wildman–Crippen LogP) is 4.66. The van der Waals surface area contributed by atoms with Crippen molar-refractivity contribution in [3.05, 3.63) is 27.2 Å². The van der Waals surface area contributed by atoms with Gasteiger partial charge in [-0.3, -0.25) is 0 Å². The van der Waals surface area contributed by atoms with Crippen LogP contribution >= 0.6 is 27.3 Å². The van der Waals surface area contributed by atoms with Gasteiger partial charge in [0.1, 0.15) is 5.82 Å². The highest BCUT2D eigenvalue weighted by molar-refractivity contribution is 9.10. The van der Waals surface area contributed by atoms with Crippen LogP contribution in [0, 0.1) is 6.92 Å². The van der Waals surface area contributed by atoms with Crippen molar-refractivity contribution in [3.8, 4) is 10.7 Å². The molecule has 19 heavy (non-hydrogen) atoms. The highest BCUT2D eigenvalue weighted by Crippen LogP contribution is 2.31. The van der Waals surface area contributed by atoms with Crippen LogP contribution in [0.5, 0.6) is 0 Å². The molecule has 0 aliphatic carbocycles. The Morgan fingerprint density at radius 2 is 2.11 bits per heavy atom. The molecule has 0 aliphatic rings. The third-order valence-corrected chi connectivity index (χ3v) is 4.66. The molecule has 0 fully saturated rings. The molecule has 102 valence electrons. The normalized spacial score (nSPS) is 10.7. The van der Waals surface area contributed by atoms with Crippen molar-refractivity contribution in [2.24, 2.45) is 0 Å². The summed E-state index contributed by atoms with van der Waals surface area (Å²) in [6.45, 7) is 7.19. The maximum absolute atomic E-state index is 4.72. The van der Waals surface area contributed by atoms with E-state index in [1.54, 1.807) is 11.3 Å². The molecular weight excluding hydrogens is 322 g/mol. The zero-order valence-corrected chi connectivity index (χ0v) is 13.9. The van der Waals surface area contributed by atoms with Gasteiger partial charge in [-0.15, -0.1) is 11.3 Å². The van der Waals surface area contributed by atoms with Crippen LogP contribution in [-0.2, 0) is 6.42 Å². The number of rotatable bonds is 5. The fraction of sp³-hybridized carbons (Fsp3) is 0.429. The van der Waals surface area contributed by atoms with Gasteiger partial charge in [0.25, 0.3) is 0 Å². The van der Waals surface area contributed by atoms with Crippen LogP contribution < -0.4 is 5.32 Å². The van der Waals surface area contributed by atoms with E-state index in [2.05, 4.69) is 58.4 Å². The molecule has 1 N–H and O–H groups in total. The minimum Gasteiger partial charge on any atom is -0.369 e. The lowest BCUT2D eigenvalue weighted by atomic mass is 10.2. The summed E-state index contributed by atoms with van der Waals surface area (Å²) in [6.07, 6.45) is 2.03. The molecule has 0 aliphatic heterocycles. The van der Waals surface area contributed by atoms with E-state index in [1.807, 2.05) is 0 Å². The summed E-state index contributed by atoms with van der Waals surface area (Å²) in [4.78, 5) is 10.5. The summed E-state index contributed by atoms with van der Waals surface area (Å²) in [7, 11) is 0. The van der Waals surface area contributed by atoms with Crippen LogP contribution in [0.25, 0.3) is 10.7 Å². The maximum atomic E-state index is 4.72. The van der Waals surface area contributed by atoms with Gasteiger partial charge in [-0.25, -0.2) is 9.97 Å². The van der Waals surface area contributed by atoms with Crippen LogP contribution in [0.1, 0.15) is 31.5 Å². The highest BCUT2D eigenvalue weighted by Gasteiger charge is 2.14. The number of nitrogens with zero attached hydrogens (tertiary/aromatic N) is 2. The minimum atomic E-state index is 0.829. The first-order chi connectivity index (χ1) is 9.17. The minimum absolute atomic E-state index is 0.829. The van der Waals surface area contributed by atoms with Gasteiger partial charge >= 0.3 is 0 Å². The van der Waals surface area contributed by atoms with Crippen molar-refractivity contribution in [2.75, 3.05) is 11.9 Å². The second-order valence-electron chi connectivity index (χ2n) is 4.37. The third-order valence-electron chi connectivity index (χ3n) is 2.82. The quantitative estimate of drug-likeness (QED) is 0.860. The molecule has 0 amide bonds. The maximum Gasteiger partial charge on any atom is 0.172 e. The number of aryl methyl sites for hydroxylation is 2. The van der Waals surface area contributed by atoms with Crippen LogP contribution in [0.4, 0.5) is 5.82 Å². The van der Waals surface area contributed by atoms with Gasteiger partial charge in [0.15, 0.2) is 5.82 Å². The molecule has 0 bridgehead atoms. The van der Waals surface area contributed by atoms with Gasteiger partial charge in [-0.2, -0.15) is 0 Å². The van der Waals surface area contributed by atoms with Gasteiger partial charge in [0, 0.05) is 6.54 Å². The van der Waals surface area contributed by atoms with Gasteiger partial charge in [-0.05, 0) is 53.2 Å². The first-order valence-corrected chi connectivity index (χ1v) is 8.19. The average Bonchev–Trinajstić information content (AvgIpc) is 2.81. The Kier molecular flexibility index (Phi) is 4.93. The van der Waals surface area contributed by atoms with Crippen molar-refractivity contribution in [1.29, 1.82) is 0 Å². The topological polar surface area (TPSA) is 37.8 Å². The number of anilines is 1. The molecule has 2 heterocycles. The molecule has 2 rings (SSSR count). The van der Waals surface area contributed by atoms with Crippen LogP contribution in [0.15, 0.2) is 15.9 Å². The lowest BCUT2D eigenvalue weighted by molar-refractivity contribution is 0.868. The van der Waals surface area contributed by atoms with Gasteiger partial charge < -0.3 is 5.32 Å².